The van der Waals surface area contributed by atoms with Crippen molar-refractivity contribution >= 4 is 23.6 Å². The first-order chi connectivity index (χ1) is 11.1. The van der Waals surface area contributed by atoms with Gasteiger partial charge in [-0.2, -0.15) is 15.2 Å². The highest BCUT2D eigenvalue weighted by Gasteiger charge is 2.11. The molecule has 8 nitrogen and oxygen atoms in total. The van der Waals surface area contributed by atoms with E-state index < -0.39 is 5.69 Å². The Labute approximate surface area is 137 Å². The van der Waals surface area contributed by atoms with Gasteiger partial charge < -0.3 is 9.47 Å². The van der Waals surface area contributed by atoms with Crippen LogP contribution in [0.25, 0.3) is 0 Å². The quantitative estimate of drug-likeness (QED) is 0.592. The number of aromatic amines is 1. The van der Waals surface area contributed by atoms with Crippen LogP contribution >= 0.6 is 11.6 Å². The molecule has 1 aromatic carbocycles. The maximum Gasteiger partial charge on any atom is 0.363 e. The number of hydrogen-bond donors (Lipinski definition) is 2. The van der Waals surface area contributed by atoms with Crippen LogP contribution in [0, 0.1) is 0 Å². The Kier molecular flexibility index (Phi) is 5.93. The van der Waals surface area contributed by atoms with Gasteiger partial charge >= 0.3 is 5.69 Å². The highest BCUT2D eigenvalue weighted by Crippen LogP contribution is 2.36. The number of hydrogen-bond acceptors (Lipinski definition) is 7. The molecule has 0 radical (unpaired) electrons. The number of anilines is 1. The number of halogens is 1. The predicted octanol–water partition coefficient (Wildman–Crippen LogP) is 2.06. The summed E-state index contributed by atoms with van der Waals surface area (Å²) in [5.74, 6) is 1.27. The number of benzene rings is 1. The van der Waals surface area contributed by atoms with Crippen molar-refractivity contribution in [3.63, 3.8) is 0 Å². The molecule has 0 saturated heterocycles. The van der Waals surface area contributed by atoms with Crippen molar-refractivity contribution in [2.45, 2.75) is 13.8 Å². The number of hydrazone groups is 1. The van der Waals surface area contributed by atoms with Crippen molar-refractivity contribution in [1.29, 1.82) is 0 Å². The van der Waals surface area contributed by atoms with E-state index in [0.717, 1.165) is 0 Å². The molecule has 9 heteroatoms. The van der Waals surface area contributed by atoms with Gasteiger partial charge in [-0.25, -0.2) is 9.89 Å². The molecule has 0 fully saturated rings. The van der Waals surface area contributed by atoms with Crippen LogP contribution in [-0.2, 0) is 0 Å². The highest BCUT2D eigenvalue weighted by molar-refractivity contribution is 6.32. The Morgan fingerprint density at radius 2 is 2.13 bits per heavy atom. The third-order valence-electron chi connectivity index (χ3n) is 2.58. The van der Waals surface area contributed by atoms with E-state index in [9.17, 15) is 4.79 Å². The Morgan fingerprint density at radius 3 is 2.83 bits per heavy atom. The summed E-state index contributed by atoms with van der Waals surface area (Å²) >= 11 is 6.21. The van der Waals surface area contributed by atoms with Crippen LogP contribution in [-0.4, -0.2) is 34.6 Å². The van der Waals surface area contributed by atoms with Gasteiger partial charge in [0.25, 0.3) is 0 Å². The van der Waals surface area contributed by atoms with Gasteiger partial charge in [-0.1, -0.05) is 11.6 Å². The van der Waals surface area contributed by atoms with Crippen LogP contribution < -0.4 is 20.6 Å². The van der Waals surface area contributed by atoms with E-state index >= 15 is 0 Å². The minimum Gasteiger partial charge on any atom is -0.490 e. The lowest BCUT2D eigenvalue weighted by molar-refractivity contribution is 0.288. The Balaban J connectivity index is 2.19. The number of rotatable bonds is 7. The maximum absolute atomic E-state index is 11.0. The van der Waals surface area contributed by atoms with E-state index in [1.54, 1.807) is 12.1 Å². The summed E-state index contributed by atoms with van der Waals surface area (Å²) in [7, 11) is 0. The second-order valence-corrected chi connectivity index (χ2v) is 4.65. The SMILES string of the molecule is CCOc1cc(/C=N/Nc2cn[nH]c(=O)n2)cc(Cl)c1OCC. The Morgan fingerprint density at radius 1 is 1.35 bits per heavy atom. The van der Waals surface area contributed by atoms with Crippen LogP contribution in [0.5, 0.6) is 11.5 Å². The molecule has 0 bridgehead atoms. The number of H-pyrrole nitrogens is 1. The maximum atomic E-state index is 11.0. The number of nitrogens with one attached hydrogen (secondary N) is 2. The fourth-order valence-corrected chi connectivity index (χ4v) is 2.02. The van der Waals surface area contributed by atoms with E-state index in [0.29, 0.717) is 35.3 Å². The molecule has 2 rings (SSSR count). The van der Waals surface area contributed by atoms with Gasteiger partial charge in [-0.3, -0.25) is 5.43 Å². The first-order valence-electron chi connectivity index (χ1n) is 6.94. The average molecular weight is 338 g/mol. The molecule has 1 aromatic heterocycles. The first kappa shape index (κ1) is 16.8. The van der Waals surface area contributed by atoms with Crippen LogP contribution in [0.1, 0.15) is 19.4 Å². The number of aromatic nitrogens is 3. The normalized spacial score (nSPS) is 10.7. The van der Waals surface area contributed by atoms with Gasteiger partial charge in [0.05, 0.1) is 30.6 Å². The van der Waals surface area contributed by atoms with E-state index in [1.165, 1.54) is 12.4 Å². The van der Waals surface area contributed by atoms with Crippen molar-refractivity contribution in [1.82, 2.24) is 15.2 Å². The zero-order valence-corrected chi connectivity index (χ0v) is 13.4. The third-order valence-corrected chi connectivity index (χ3v) is 2.86. The van der Waals surface area contributed by atoms with E-state index in [1.807, 2.05) is 13.8 Å². The van der Waals surface area contributed by atoms with Crippen LogP contribution in [0.3, 0.4) is 0 Å². The molecule has 2 aromatic rings. The molecule has 1 heterocycles. The van der Waals surface area contributed by atoms with Crippen molar-refractivity contribution in [3.8, 4) is 11.5 Å². The van der Waals surface area contributed by atoms with Crippen LogP contribution in [0.15, 0.2) is 28.2 Å². The van der Waals surface area contributed by atoms with Gasteiger partial charge in [0.1, 0.15) is 0 Å². The molecule has 0 amide bonds. The zero-order chi connectivity index (χ0) is 16.7. The molecule has 0 aliphatic heterocycles. The van der Waals surface area contributed by atoms with Gasteiger partial charge in [0.2, 0.25) is 0 Å². The molecule has 2 N–H and O–H groups in total. The summed E-state index contributed by atoms with van der Waals surface area (Å²) in [5.41, 5.74) is 2.74. The topological polar surface area (TPSA) is 101 Å². The van der Waals surface area contributed by atoms with Crippen LogP contribution in [0.4, 0.5) is 5.82 Å². The fraction of sp³-hybridized carbons (Fsp3) is 0.286. The molecule has 0 atom stereocenters. The summed E-state index contributed by atoms with van der Waals surface area (Å²) < 4.78 is 11.0. The molecule has 0 aliphatic rings. The minimum atomic E-state index is -0.562. The summed E-state index contributed by atoms with van der Waals surface area (Å²) in [5, 5.41) is 10.2. The largest absolute Gasteiger partial charge is 0.490 e. The lowest BCUT2D eigenvalue weighted by Crippen LogP contribution is -2.13. The zero-order valence-electron chi connectivity index (χ0n) is 12.7. The molecule has 122 valence electrons. The second-order valence-electron chi connectivity index (χ2n) is 4.24. The standard InChI is InChI=1S/C14H16ClN5O3/c1-3-22-11-6-9(5-10(15)13(11)23-4-2)7-16-19-12-8-17-20-14(21)18-12/h5-8H,3-4H2,1-2H3,(H2,18,19,20,21)/b16-7+. The summed E-state index contributed by atoms with van der Waals surface area (Å²) in [6, 6.07) is 3.46. The monoisotopic (exact) mass is 337 g/mol. The van der Waals surface area contributed by atoms with Gasteiger partial charge in [0.15, 0.2) is 17.3 Å². The minimum absolute atomic E-state index is 0.229. The molecule has 23 heavy (non-hydrogen) atoms. The summed E-state index contributed by atoms with van der Waals surface area (Å²) in [6.45, 7) is 4.71. The number of nitrogens with zero attached hydrogens (tertiary/aromatic N) is 3. The molecular weight excluding hydrogens is 322 g/mol. The predicted molar refractivity (Wildman–Crippen MR) is 87.7 cm³/mol. The average Bonchev–Trinajstić information content (AvgIpc) is 2.51. The highest BCUT2D eigenvalue weighted by atomic mass is 35.5. The summed E-state index contributed by atoms with van der Waals surface area (Å²) in [4.78, 5) is 14.7. The Bertz CT molecular complexity index is 747. The van der Waals surface area contributed by atoms with Crippen LogP contribution in [0.2, 0.25) is 5.02 Å². The molecule has 0 aliphatic carbocycles. The fourth-order valence-electron chi connectivity index (χ4n) is 1.75. The second kappa shape index (κ2) is 8.14. The Hall–Kier alpha value is -2.61. The first-order valence-corrected chi connectivity index (χ1v) is 7.31. The van der Waals surface area contributed by atoms with Gasteiger partial charge in [-0.05, 0) is 31.5 Å². The van der Waals surface area contributed by atoms with E-state index in [2.05, 4.69) is 25.7 Å². The van der Waals surface area contributed by atoms with E-state index in [4.69, 9.17) is 21.1 Å². The number of ether oxygens (including phenoxy) is 2. The van der Waals surface area contributed by atoms with Crippen molar-refractivity contribution in [2.75, 3.05) is 18.6 Å². The third kappa shape index (κ3) is 4.68. The lowest BCUT2D eigenvalue weighted by Gasteiger charge is -2.13. The molecular formula is C14H16ClN5O3. The summed E-state index contributed by atoms with van der Waals surface area (Å²) in [6.07, 6.45) is 2.86. The molecule has 0 saturated carbocycles. The van der Waals surface area contributed by atoms with Crippen molar-refractivity contribution in [2.24, 2.45) is 5.10 Å². The lowest BCUT2D eigenvalue weighted by atomic mass is 10.2. The molecule has 0 unspecified atom stereocenters. The molecule has 0 spiro atoms. The van der Waals surface area contributed by atoms with Gasteiger partial charge in [0, 0.05) is 0 Å². The van der Waals surface area contributed by atoms with Crippen molar-refractivity contribution < 1.29 is 9.47 Å². The van der Waals surface area contributed by atoms with Gasteiger partial charge in [-0.15, -0.1) is 0 Å². The smallest absolute Gasteiger partial charge is 0.363 e. The van der Waals surface area contributed by atoms with Crippen molar-refractivity contribution in [3.05, 3.63) is 39.4 Å². The van der Waals surface area contributed by atoms with E-state index in [-0.39, 0.29) is 5.82 Å².